The molecule has 5 nitrogen and oxygen atoms in total. The minimum absolute atomic E-state index is 0.149. The number of anilines is 1. The molecule has 1 heterocycles. The summed E-state index contributed by atoms with van der Waals surface area (Å²) < 4.78 is 0. The topological polar surface area (TPSA) is 66.4 Å². The van der Waals surface area contributed by atoms with Gasteiger partial charge in [-0.05, 0) is 26.0 Å². The van der Waals surface area contributed by atoms with E-state index in [-0.39, 0.29) is 5.91 Å². The van der Waals surface area contributed by atoms with E-state index in [0.29, 0.717) is 11.4 Å². The lowest BCUT2D eigenvalue weighted by molar-refractivity contribution is 0.0963. The molecule has 17 heavy (non-hydrogen) atoms. The molecule has 0 saturated carbocycles. The summed E-state index contributed by atoms with van der Waals surface area (Å²) in [7, 11) is 1.58. The zero-order valence-electron chi connectivity index (χ0n) is 11.0. The number of nitrogens with one attached hydrogen (secondary N) is 2. The van der Waals surface area contributed by atoms with Crippen LogP contribution in [0.3, 0.4) is 0 Å². The molecule has 0 radical (unpaired) electrons. The number of hydrogen-bond donors (Lipinski definition) is 2. The van der Waals surface area contributed by atoms with Gasteiger partial charge in [-0.1, -0.05) is 13.8 Å². The number of aromatic nitrogens is 1. The van der Waals surface area contributed by atoms with Gasteiger partial charge in [0, 0.05) is 19.0 Å². The highest BCUT2D eigenvalue weighted by atomic mass is 16.1. The molecule has 0 aliphatic carbocycles. The average molecular weight is 236 g/mol. The van der Waals surface area contributed by atoms with Crippen molar-refractivity contribution >= 4 is 17.4 Å². The van der Waals surface area contributed by atoms with Crippen molar-refractivity contribution in [1.29, 1.82) is 0 Å². The number of nitrogens with zero attached hydrogens (tertiary/aromatic N) is 2. The summed E-state index contributed by atoms with van der Waals surface area (Å²) >= 11 is 0. The Kier molecular flexibility index (Phi) is 7.34. The number of hydrogen-bond acceptors (Lipinski definition) is 4. The van der Waals surface area contributed by atoms with Gasteiger partial charge in [0.1, 0.15) is 5.82 Å². The van der Waals surface area contributed by atoms with Gasteiger partial charge in [0.15, 0.2) is 0 Å². The van der Waals surface area contributed by atoms with Crippen LogP contribution in [0.1, 0.15) is 38.1 Å². The molecule has 2 N–H and O–H groups in total. The molecule has 0 unspecified atom stereocenters. The Morgan fingerprint density at radius 3 is 2.35 bits per heavy atom. The van der Waals surface area contributed by atoms with Crippen LogP contribution in [0.15, 0.2) is 23.4 Å². The van der Waals surface area contributed by atoms with Crippen LogP contribution in [0, 0.1) is 0 Å². The number of carbonyl (C=O) groups is 1. The van der Waals surface area contributed by atoms with Crippen molar-refractivity contribution in [3.8, 4) is 0 Å². The van der Waals surface area contributed by atoms with Crippen LogP contribution >= 0.6 is 0 Å². The van der Waals surface area contributed by atoms with Crippen molar-refractivity contribution in [2.24, 2.45) is 5.10 Å². The second-order valence-electron chi connectivity index (χ2n) is 3.18. The van der Waals surface area contributed by atoms with E-state index in [1.807, 2.05) is 27.7 Å². The second kappa shape index (κ2) is 8.27. The van der Waals surface area contributed by atoms with Crippen LogP contribution in [0.2, 0.25) is 0 Å². The van der Waals surface area contributed by atoms with Crippen LogP contribution in [0.5, 0.6) is 0 Å². The SMILES string of the molecule is CC.CNC(=O)c1ccc(NN=C(C)C)nc1. The molecule has 0 bridgehead atoms. The molecule has 0 fully saturated rings. The van der Waals surface area contributed by atoms with Crippen LogP contribution in [0.25, 0.3) is 0 Å². The Morgan fingerprint density at radius 1 is 1.29 bits per heavy atom. The van der Waals surface area contributed by atoms with Gasteiger partial charge in [-0.2, -0.15) is 5.10 Å². The third kappa shape index (κ3) is 5.65. The first-order chi connectivity index (χ1) is 8.13. The Hall–Kier alpha value is -1.91. The Labute approximate surface area is 102 Å². The van der Waals surface area contributed by atoms with Crippen molar-refractivity contribution in [1.82, 2.24) is 10.3 Å². The van der Waals surface area contributed by atoms with Crippen molar-refractivity contribution < 1.29 is 4.79 Å². The lowest BCUT2D eigenvalue weighted by Gasteiger charge is -2.01. The number of amides is 1. The maximum atomic E-state index is 11.2. The highest BCUT2D eigenvalue weighted by Crippen LogP contribution is 2.04. The van der Waals surface area contributed by atoms with Gasteiger partial charge in [0.05, 0.1) is 5.56 Å². The molecule has 5 heteroatoms. The van der Waals surface area contributed by atoms with Crippen LogP contribution in [-0.2, 0) is 0 Å². The molecule has 0 aliphatic rings. The molecule has 1 amide bonds. The van der Waals surface area contributed by atoms with Crippen LogP contribution < -0.4 is 10.7 Å². The zero-order chi connectivity index (χ0) is 13.3. The van der Waals surface area contributed by atoms with Crippen molar-refractivity contribution in [2.45, 2.75) is 27.7 Å². The Morgan fingerprint density at radius 2 is 1.94 bits per heavy atom. The van der Waals surface area contributed by atoms with E-state index >= 15 is 0 Å². The lowest BCUT2D eigenvalue weighted by atomic mass is 10.3. The smallest absolute Gasteiger partial charge is 0.252 e. The van der Waals surface area contributed by atoms with E-state index in [0.717, 1.165) is 5.71 Å². The van der Waals surface area contributed by atoms with E-state index in [2.05, 4.69) is 20.8 Å². The van der Waals surface area contributed by atoms with Gasteiger partial charge in [-0.3, -0.25) is 10.2 Å². The van der Waals surface area contributed by atoms with E-state index in [9.17, 15) is 4.79 Å². The van der Waals surface area contributed by atoms with Gasteiger partial charge in [0.2, 0.25) is 0 Å². The van der Waals surface area contributed by atoms with Gasteiger partial charge in [-0.15, -0.1) is 0 Å². The summed E-state index contributed by atoms with van der Waals surface area (Å²) in [5.74, 6) is 0.466. The fourth-order valence-electron chi connectivity index (χ4n) is 0.908. The molecule has 94 valence electrons. The highest BCUT2D eigenvalue weighted by molar-refractivity contribution is 5.93. The predicted molar refractivity (Wildman–Crippen MR) is 71.4 cm³/mol. The number of pyridine rings is 1. The number of hydrazone groups is 1. The monoisotopic (exact) mass is 236 g/mol. The minimum Gasteiger partial charge on any atom is -0.355 e. The summed E-state index contributed by atoms with van der Waals surface area (Å²) in [6.45, 7) is 7.76. The maximum absolute atomic E-state index is 11.2. The van der Waals surface area contributed by atoms with Gasteiger partial charge in [0.25, 0.3) is 5.91 Å². The lowest BCUT2D eigenvalue weighted by Crippen LogP contribution is -2.17. The first-order valence-electron chi connectivity index (χ1n) is 5.58. The van der Waals surface area contributed by atoms with Crippen molar-refractivity contribution in [3.05, 3.63) is 23.9 Å². The summed E-state index contributed by atoms with van der Waals surface area (Å²) in [4.78, 5) is 15.2. The number of rotatable bonds is 3. The first kappa shape index (κ1) is 15.1. The van der Waals surface area contributed by atoms with Crippen LogP contribution in [0.4, 0.5) is 5.82 Å². The molecule has 1 rings (SSSR count). The molecule has 0 aliphatic heterocycles. The quantitative estimate of drug-likeness (QED) is 0.625. The predicted octanol–water partition coefficient (Wildman–Crippen LogP) is 2.28. The van der Waals surface area contributed by atoms with E-state index in [1.54, 1.807) is 19.2 Å². The van der Waals surface area contributed by atoms with Gasteiger partial charge in [-0.25, -0.2) is 4.98 Å². The Bertz CT molecular complexity index is 367. The molecule has 0 spiro atoms. The number of carbonyl (C=O) groups excluding carboxylic acids is 1. The molecule has 0 atom stereocenters. The van der Waals surface area contributed by atoms with Crippen molar-refractivity contribution in [3.63, 3.8) is 0 Å². The van der Waals surface area contributed by atoms with Gasteiger partial charge >= 0.3 is 0 Å². The van der Waals surface area contributed by atoms with E-state index in [4.69, 9.17) is 0 Å². The molecular formula is C12H20N4O. The standard InChI is InChI=1S/C10H14N4O.C2H6/c1-7(2)13-14-9-5-4-8(6-12-9)10(15)11-3;1-2/h4-6H,1-3H3,(H,11,15)(H,12,14);1-2H3. The summed E-state index contributed by atoms with van der Waals surface area (Å²) in [5.41, 5.74) is 4.21. The summed E-state index contributed by atoms with van der Waals surface area (Å²) in [6.07, 6.45) is 1.50. The first-order valence-corrected chi connectivity index (χ1v) is 5.58. The zero-order valence-corrected chi connectivity index (χ0v) is 11.0. The normalized spacial score (nSPS) is 8.53. The maximum Gasteiger partial charge on any atom is 0.252 e. The molecule has 0 aromatic carbocycles. The van der Waals surface area contributed by atoms with Gasteiger partial charge < -0.3 is 5.32 Å². The molecule has 1 aromatic rings. The third-order valence-electron chi connectivity index (χ3n) is 1.65. The van der Waals surface area contributed by atoms with E-state index < -0.39 is 0 Å². The second-order valence-corrected chi connectivity index (χ2v) is 3.18. The fraction of sp³-hybridized carbons (Fsp3) is 0.417. The average Bonchev–Trinajstić information content (AvgIpc) is 2.38. The summed E-state index contributed by atoms with van der Waals surface area (Å²) in [6, 6.07) is 3.39. The molecule has 0 saturated heterocycles. The van der Waals surface area contributed by atoms with Crippen molar-refractivity contribution in [2.75, 3.05) is 12.5 Å². The summed E-state index contributed by atoms with van der Waals surface area (Å²) in [5, 5.41) is 6.52. The minimum atomic E-state index is -0.149. The highest BCUT2D eigenvalue weighted by Gasteiger charge is 2.02. The van der Waals surface area contributed by atoms with Crippen LogP contribution in [-0.4, -0.2) is 23.7 Å². The Balaban J connectivity index is 0.00000121. The third-order valence-corrected chi connectivity index (χ3v) is 1.65. The van der Waals surface area contributed by atoms with E-state index in [1.165, 1.54) is 6.20 Å². The largest absolute Gasteiger partial charge is 0.355 e. The fourth-order valence-corrected chi connectivity index (χ4v) is 0.908. The molecule has 1 aromatic heterocycles. The molecular weight excluding hydrogens is 216 g/mol.